The number of rotatable bonds is 1. The Kier molecular flexibility index (Phi) is 3.73. The fourth-order valence-corrected chi connectivity index (χ4v) is 1.83. The second-order valence-corrected chi connectivity index (χ2v) is 9.53. The van der Waals surface area contributed by atoms with E-state index in [0.29, 0.717) is 0 Å². The van der Waals surface area contributed by atoms with Crippen molar-refractivity contribution < 1.29 is 5.11 Å². The van der Waals surface area contributed by atoms with E-state index in [1.807, 2.05) is 31.2 Å². The molecule has 0 saturated carbocycles. The molecule has 0 radical (unpaired) electrons. The van der Waals surface area contributed by atoms with Gasteiger partial charge in [0.25, 0.3) is 0 Å². The van der Waals surface area contributed by atoms with Crippen LogP contribution >= 0.6 is 0 Å². The third-order valence-corrected chi connectivity index (χ3v) is 2.96. The maximum atomic E-state index is 9.91. The number of aliphatic hydroxyl groups excluding tert-OH is 1. The Balaban J connectivity index is 2.90. The number of aliphatic hydroxyl groups is 1. The van der Waals surface area contributed by atoms with Crippen molar-refractivity contribution in [3.05, 3.63) is 35.4 Å². The molecule has 1 nitrogen and oxygen atoms in total. The minimum Gasteiger partial charge on any atom is -0.376 e. The molecule has 1 N–H and O–H groups in total. The summed E-state index contributed by atoms with van der Waals surface area (Å²) in [7, 11) is -1.39. The lowest BCUT2D eigenvalue weighted by molar-refractivity contribution is 0.237. The van der Waals surface area contributed by atoms with Gasteiger partial charge in [-0.1, -0.05) is 49.8 Å². The largest absolute Gasteiger partial charge is 0.376 e. The molecular formula is C13H18OSi. The zero-order chi connectivity index (χ0) is 11.5. The van der Waals surface area contributed by atoms with Gasteiger partial charge in [0.1, 0.15) is 14.2 Å². The van der Waals surface area contributed by atoms with Crippen LogP contribution in [-0.2, 0) is 0 Å². The molecule has 0 aliphatic carbocycles. The molecule has 1 atom stereocenters. The van der Waals surface area contributed by atoms with Crippen LogP contribution in [0.1, 0.15) is 17.2 Å². The van der Waals surface area contributed by atoms with Gasteiger partial charge in [-0.25, -0.2) is 0 Å². The van der Waals surface area contributed by atoms with Crippen LogP contribution < -0.4 is 0 Å². The predicted octanol–water partition coefficient (Wildman–Crippen LogP) is 2.91. The smallest absolute Gasteiger partial charge is 0.139 e. The van der Waals surface area contributed by atoms with Crippen LogP contribution in [0.3, 0.4) is 0 Å². The zero-order valence-electron chi connectivity index (χ0n) is 9.83. The predicted molar refractivity (Wildman–Crippen MR) is 67.3 cm³/mol. The van der Waals surface area contributed by atoms with Crippen molar-refractivity contribution >= 4 is 8.07 Å². The highest BCUT2D eigenvalue weighted by Crippen LogP contribution is 2.16. The molecule has 2 heteroatoms. The van der Waals surface area contributed by atoms with Crippen LogP contribution in [0, 0.1) is 18.4 Å². The summed E-state index contributed by atoms with van der Waals surface area (Å²) in [6, 6.07) is 7.83. The van der Waals surface area contributed by atoms with Crippen molar-refractivity contribution in [1.29, 1.82) is 0 Å². The molecule has 1 aromatic carbocycles. The molecule has 15 heavy (non-hydrogen) atoms. The van der Waals surface area contributed by atoms with Gasteiger partial charge in [0.2, 0.25) is 0 Å². The van der Waals surface area contributed by atoms with Crippen molar-refractivity contribution in [2.45, 2.75) is 32.7 Å². The summed E-state index contributed by atoms with van der Waals surface area (Å²) in [4.78, 5) is 0. The molecule has 0 fully saturated rings. The second-order valence-electron chi connectivity index (χ2n) is 4.78. The Hall–Kier alpha value is -1.04. The van der Waals surface area contributed by atoms with Crippen LogP contribution in [0.2, 0.25) is 19.6 Å². The first kappa shape index (κ1) is 12.0. The van der Waals surface area contributed by atoms with Gasteiger partial charge in [-0.2, -0.15) is 0 Å². The van der Waals surface area contributed by atoms with Crippen LogP contribution in [-0.4, -0.2) is 13.2 Å². The standard InChI is InChI=1S/C13H18OSi/c1-11-7-5-6-8-12(11)13(14)9-10-15(2,3)4/h5-8,13-14H,1-4H3. The van der Waals surface area contributed by atoms with Crippen molar-refractivity contribution in [3.8, 4) is 11.5 Å². The van der Waals surface area contributed by atoms with Crippen molar-refractivity contribution in [2.24, 2.45) is 0 Å². The highest BCUT2D eigenvalue weighted by atomic mass is 28.3. The van der Waals surface area contributed by atoms with Crippen molar-refractivity contribution in [3.63, 3.8) is 0 Å². The maximum absolute atomic E-state index is 9.91. The lowest BCUT2D eigenvalue weighted by Crippen LogP contribution is -2.17. The van der Waals surface area contributed by atoms with Crippen molar-refractivity contribution in [2.75, 3.05) is 0 Å². The van der Waals surface area contributed by atoms with Gasteiger partial charge in [-0.3, -0.25) is 0 Å². The maximum Gasteiger partial charge on any atom is 0.139 e. The van der Waals surface area contributed by atoms with Gasteiger partial charge in [-0.05, 0) is 18.1 Å². The fourth-order valence-electron chi connectivity index (χ4n) is 1.26. The third-order valence-electron chi connectivity index (χ3n) is 2.07. The van der Waals surface area contributed by atoms with E-state index in [1.165, 1.54) is 0 Å². The first-order chi connectivity index (χ1) is 6.90. The monoisotopic (exact) mass is 218 g/mol. The quantitative estimate of drug-likeness (QED) is 0.567. The number of benzene rings is 1. The van der Waals surface area contributed by atoms with Gasteiger partial charge in [0.05, 0.1) is 0 Å². The van der Waals surface area contributed by atoms with E-state index in [2.05, 4.69) is 31.1 Å². The van der Waals surface area contributed by atoms with Crippen LogP contribution in [0.15, 0.2) is 24.3 Å². The molecule has 0 amide bonds. The summed E-state index contributed by atoms with van der Waals surface area (Å²) in [6.07, 6.45) is -0.641. The van der Waals surface area contributed by atoms with Crippen molar-refractivity contribution in [1.82, 2.24) is 0 Å². The molecule has 0 aromatic heterocycles. The molecule has 0 aliphatic heterocycles. The molecule has 1 rings (SSSR count). The van der Waals surface area contributed by atoms with Crippen LogP contribution in [0.25, 0.3) is 0 Å². The Bertz CT molecular complexity index is 393. The molecule has 1 unspecified atom stereocenters. The van der Waals surface area contributed by atoms with E-state index in [-0.39, 0.29) is 0 Å². The Labute approximate surface area is 93.2 Å². The van der Waals surface area contributed by atoms with E-state index < -0.39 is 14.2 Å². The molecule has 0 heterocycles. The average Bonchev–Trinajstić information content (AvgIpc) is 2.14. The van der Waals surface area contributed by atoms with Crippen LogP contribution in [0.4, 0.5) is 0 Å². The Morgan fingerprint density at radius 3 is 2.33 bits per heavy atom. The van der Waals surface area contributed by atoms with Gasteiger partial charge < -0.3 is 5.11 Å². The molecule has 80 valence electrons. The summed E-state index contributed by atoms with van der Waals surface area (Å²) >= 11 is 0. The van der Waals surface area contributed by atoms with Gasteiger partial charge >= 0.3 is 0 Å². The Morgan fingerprint density at radius 2 is 1.80 bits per heavy atom. The summed E-state index contributed by atoms with van der Waals surface area (Å²) < 4.78 is 0. The molecular weight excluding hydrogens is 200 g/mol. The normalized spacial score (nSPS) is 12.9. The van der Waals surface area contributed by atoms with E-state index in [4.69, 9.17) is 0 Å². The van der Waals surface area contributed by atoms with Gasteiger partial charge in [0, 0.05) is 0 Å². The molecule has 0 bridgehead atoms. The highest BCUT2D eigenvalue weighted by Gasteiger charge is 2.10. The zero-order valence-corrected chi connectivity index (χ0v) is 10.8. The molecule has 1 aromatic rings. The molecule has 0 spiro atoms. The minimum atomic E-state index is -1.39. The third kappa shape index (κ3) is 3.91. The summed E-state index contributed by atoms with van der Waals surface area (Å²) in [5, 5.41) is 9.91. The number of aryl methyl sites for hydroxylation is 1. The fraction of sp³-hybridized carbons (Fsp3) is 0.385. The number of hydrogen-bond acceptors (Lipinski definition) is 1. The average molecular weight is 218 g/mol. The van der Waals surface area contributed by atoms with Crippen LogP contribution in [0.5, 0.6) is 0 Å². The highest BCUT2D eigenvalue weighted by molar-refractivity contribution is 6.83. The first-order valence-electron chi connectivity index (χ1n) is 5.16. The minimum absolute atomic E-state index is 0.641. The molecule has 0 aliphatic rings. The molecule has 0 saturated heterocycles. The van der Waals surface area contributed by atoms with E-state index in [1.54, 1.807) is 0 Å². The lowest BCUT2D eigenvalue weighted by atomic mass is 10.0. The summed E-state index contributed by atoms with van der Waals surface area (Å²) in [5.74, 6) is 2.95. The lowest BCUT2D eigenvalue weighted by Gasteiger charge is -2.09. The SMILES string of the molecule is Cc1ccccc1C(O)C#C[Si](C)(C)C. The summed E-state index contributed by atoms with van der Waals surface area (Å²) in [6.45, 7) is 8.51. The van der Waals surface area contributed by atoms with E-state index in [0.717, 1.165) is 11.1 Å². The van der Waals surface area contributed by atoms with E-state index in [9.17, 15) is 5.11 Å². The topological polar surface area (TPSA) is 20.2 Å². The van der Waals surface area contributed by atoms with Gasteiger partial charge in [-0.15, -0.1) is 5.54 Å². The van der Waals surface area contributed by atoms with Gasteiger partial charge in [0.15, 0.2) is 0 Å². The Morgan fingerprint density at radius 1 is 1.20 bits per heavy atom. The number of hydrogen-bond donors (Lipinski definition) is 1. The first-order valence-corrected chi connectivity index (χ1v) is 8.66. The second kappa shape index (κ2) is 4.65. The van der Waals surface area contributed by atoms with E-state index >= 15 is 0 Å². The summed E-state index contributed by atoms with van der Waals surface area (Å²) in [5.41, 5.74) is 5.20.